The van der Waals surface area contributed by atoms with Crippen LogP contribution in [0.15, 0.2) is 48.5 Å². The number of benzene rings is 2. The lowest BCUT2D eigenvalue weighted by Crippen LogP contribution is -2.41. The molecule has 2 aromatic rings. The van der Waals surface area contributed by atoms with Gasteiger partial charge in [-0.2, -0.15) is 0 Å². The Labute approximate surface area is 162 Å². The minimum Gasteiger partial charge on any atom is -0.493 e. The van der Waals surface area contributed by atoms with Gasteiger partial charge in [-0.3, -0.25) is 4.79 Å². The van der Waals surface area contributed by atoms with Gasteiger partial charge in [0.25, 0.3) is 0 Å². The number of nitrogens with one attached hydrogen (secondary N) is 1. The van der Waals surface area contributed by atoms with Crippen molar-refractivity contribution in [2.75, 3.05) is 19.7 Å². The topological polar surface area (TPSA) is 41.6 Å². The molecule has 0 saturated carbocycles. The summed E-state index contributed by atoms with van der Waals surface area (Å²) in [6, 6.07) is 16.6. The molecular weight excluding hydrogens is 336 g/mol. The molecule has 1 N–H and O–H groups in total. The summed E-state index contributed by atoms with van der Waals surface area (Å²) >= 11 is 0. The first kappa shape index (κ1) is 19.4. The lowest BCUT2D eigenvalue weighted by Gasteiger charge is -2.27. The van der Waals surface area contributed by atoms with Crippen LogP contribution in [0.5, 0.6) is 5.75 Å². The molecule has 1 aliphatic rings. The molecule has 0 aromatic heterocycles. The van der Waals surface area contributed by atoms with E-state index < -0.39 is 0 Å². The molecule has 0 radical (unpaired) electrons. The summed E-state index contributed by atoms with van der Waals surface area (Å²) in [6.45, 7) is 7.02. The summed E-state index contributed by atoms with van der Waals surface area (Å²) in [6.07, 6.45) is 2.72. The SMILES string of the molecule is Cc1cccc(OCCC(=O)N(Cc2ccccc2C)CC2CCCN2)c1. The Morgan fingerprint density at radius 3 is 2.78 bits per heavy atom. The summed E-state index contributed by atoms with van der Waals surface area (Å²) in [7, 11) is 0. The van der Waals surface area contributed by atoms with Crippen molar-refractivity contribution in [3.05, 3.63) is 65.2 Å². The van der Waals surface area contributed by atoms with Gasteiger partial charge in [0, 0.05) is 19.1 Å². The Balaban J connectivity index is 1.60. The van der Waals surface area contributed by atoms with E-state index in [-0.39, 0.29) is 5.91 Å². The van der Waals surface area contributed by atoms with E-state index in [1.165, 1.54) is 17.5 Å². The standard InChI is InChI=1S/C23H30N2O2/c1-18-7-5-11-22(15-18)27-14-12-23(26)25(17-21-10-6-13-24-21)16-20-9-4-3-8-19(20)2/h3-5,7-9,11,15,21,24H,6,10,12-14,16-17H2,1-2H3. The van der Waals surface area contributed by atoms with Crippen molar-refractivity contribution in [3.63, 3.8) is 0 Å². The van der Waals surface area contributed by atoms with Crippen molar-refractivity contribution in [1.29, 1.82) is 0 Å². The Hall–Kier alpha value is -2.33. The molecule has 2 aromatic carbocycles. The molecular formula is C23H30N2O2. The Kier molecular flexibility index (Phi) is 6.88. The van der Waals surface area contributed by atoms with Gasteiger partial charge in [-0.25, -0.2) is 0 Å². The highest BCUT2D eigenvalue weighted by Gasteiger charge is 2.22. The predicted octanol–water partition coefficient (Wildman–Crippen LogP) is 3.85. The minimum absolute atomic E-state index is 0.152. The zero-order valence-corrected chi connectivity index (χ0v) is 16.4. The molecule has 1 amide bonds. The predicted molar refractivity (Wildman–Crippen MR) is 109 cm³/mol. The zero-order chi connectivity index (χ0) is 19.1. The Bertz CT molecular complexity index is 754. The van der Waals surface area contributed by atoms with Crippen molar-refractivity contribution in [1.82, 2.24) is 10.2 Å². The van der Waals surface area contributed by atoms with Crippen LogP contribution in [-0.2, 0) is 11.3 Å². The van der Waals surface area contributed by atoms with Crippen LogP contribution in [0.1, 0.15) is 36.0 Å². The fraction of sp³-hybridized carbons (Fsp3) is 0.435. The number of ether oxygens (including phenoxy) is 1. The number of aryl methyl sites for hydroxylation is 2. The van der Waals surface area contributed by atoms with Crippen LogP contribution in [0.25, 0.3) is 0 Å². The van der Waals surface area contributed by atoms with Gasteiger partial charge in [-0.05, 0) is 62.1 Å². The minimum atomic E-state index is 0.152. The van der Waals surface area contributed by atoms with E-state index in [1.54, 1.807) is 0 Å². The van der Waals surface area contributed by atoms with Crippen molar-refractivity contribution in [2.24, 2.45) is 0 Å². The van der Waals surface area contributed by atoms with Gasteiger partial charge < -0.3 is 15.0 Å². The quantitative estimate of drug-likeness (QED) is 0.771. The van der Waals surface area contributed by atoms with Crippen molar-refractivity contribution in [3.8, 4) is 5.75 Å². The van der Waals surface area contributed by atoms with Gasteiger partial charge in [-0.1, -0.05) is 36.4 Å². The van der Waals surface area contributed by atoms with E-state index >= 15 is 0 Å². The van der Waals surface area contributed by atoms with Gasteiger partial charge in [-0.15, -0.1) is 0 Å². The third-order valence-corrected chi connectivity index (χ3v) is 5.15. The van der Waals surface area contributed by atoms with Crippen LogP contribution < -0.4 is 10.1 Å². The van der Waals surface area contributed by atoms with Crippen LogP contribution >= 0.6 is 0 Å². The van der Waals surface area contributed by atoms with E-state index in [9.17, 15) is 4.79 Å². The van der Waals surface area contributed by atoms with Crippen molar-refractivity contribution >= 4 is 5.91 Å². The maximum Gasteiger partial charge on any atom is 0.226 e. The number of nitrogens with zero attached hydrogens (tertiary/aromatic N) is 1. The number of hydrogen-bond acceptors (Lipinski definition) is 3. The van der Waals surface area contributed by atoms with Crippen LogP contribution in [0.3, 0.4) is 0 Å². The highest BCUT2D eigenvalue weighted by Crippen LogP contribution is 2.16. The lowest BCUT2D eigenvalue weighted by atomic mass is 10.1. The van der Waals surface area contributed by atoms with Gasteiger partial charge in [0.05, 0.1) is 13.0 Å². The summed E-state index contributed by atoms with van der Waals surface area (Å²) < 4.78 is 5.79. The van der Waals surface area contributed by atoms with E-state index in [2.05, 4.69) is 24.4 Å². The van der Waals surface area contributed by atoms with Crippen LogP contribution in [0.2, 0.25) is 0 Å². The lowest BCUT2D eigenvalue weighted by molar-refractivity contribution is -0.132. The maximum atomic E-state index is 12.9. The normalized spacial score (nSPS) is 16.3. The van der Waals surface area contributed by atoms with Crippen LogP contribution in [-0.4, -0.2) is 36.5 Å². The third-order valence-electron chi connectivity index (χ3n) is 5.15. The molecule has 1 unspecified atom stereocenters. The van der Waals surface area contributed by atoms with E-state index in [0.29, 0.717) is 25.6 Å². The van der Waals surface area contributed by atoms with E-state index in [0.717, 1.165) is 30.8 Å². The largest absolute Gasteiger partial charge is 0.493 e. The maximum absolute atomic E-state index is 12.9. The summed E-state index contributed by atoms with van der Waals surface area (Å²) in [5.41, 5.74) is 3.60. The third kappa shape index (κ3) is 5.83. The average molecular weight is 367 g/mol. The summed E-state index contributed by atoms with van der Waals surface area (Å²) in [5, 5.41) is 3.51. The average Bonchev–Trinajstić information content (AvgIpc) is 3.16. The molecule has 0 spiro atoms. The summed E-state index contributed by atoms with van der Waals surface area (Å²) in [4.78, 5) is 14.9. The number of carbonyl (C=O) groups is 1. The van der Waals surface area contributed by atoms with Crippen molar-refractivity contribution in [2.45, 2.75) is 45.7 Å². The molecule has 3 rings (SSSR count). The second-order valence-corrected chi connectivity index (χ2v) is 7.41. The molecule has 0 aliphatic carbocycles. The monoisotopic (exact) mass is 366 g/mol. The first-order valence-corrected chi connectivity index (χ1v) is 9.87. The molecule has 1 fully saturated rings. The number of hydrogen-bond donors (Lipinski definition) is 1. The van der Waals surface area contributed by atoms with Crippen LogP contribution in [0.4, 0.5) is 0 Å². The highest BCUT2D eigenvalue weighted by atomic mass is 16.5. The smallest absolute Gasteiger partial charge is 0.226 e. The molecule has 144 valence electrons. The first-order valence-electron chi connectivity index (χ1n) is 9.87. The van der Waals surface area contributed by atoms with Gasteiger partial charge in [0.15, 0.2) is 0 Å². The van der Waals surface area contributed by atoms with Gasteiger partial charge in [0.2, 0.25) is 5.91 Å². The van der Waals surface area contributed by atoms with Gasteiger partial charge >= 0.3 is 0 Å². The number of carbonyl (C=O) groups excluding carboxylic acids is 1. The molecule has 4 nitrogen and oxygen atoms in total. The van der Waals surface area contributed by atoms with E-state index in [4.69, 9.17) is 4.74 Å². The molecule has 27 heavy (non-hydrogen) atoms. The van der Waals surface area contributed by atoms with Crippen LogP contribution in [0, 0.1) is 13.8 Å². The fourth-order valence-electron chi connectivity index (χ4n) is 3.55. The highest BCUT2D eigenvalue weighted by molar-refractivity contribution is 5.76. The van der Waals surface area contributed by atoms with Gasteiger partial charge in [0.1, 0.15) is 5.75 Å². The molecule has 1 atom stereocenters. The molecule has 1 heterocycles. The van der Waals surface area contributed by atoms with E-state index in [1.807, 2.05) is 48.2 Å². The number of rotatable bonds is 8. The molecule has 1 aliphatic heterocycles. The first-order chi connectivity index (χ1) is 13.1. The second kappa shape index (κ2) is 9.56. The number of amides is 1. The molecule has 1 saturated heterocycles. The molecule has 4 heteroatoms. The summed E-state index contributed by atoms with van der Waals surface area (Å²) in [5.74, 6) is 0.977. The Morgan fingerprint density at radius 1 is 1.19 bits per heavy atom. The fourth-order valence-corrected chi connectivity index (χ4v) is 3.55. The Morgan fingerprint density at radius 2 is 2.04 bits per heavy atom. The van der Waals surface area contributed by atoms with Crippen molar-refractivity contribution < 1.29 is 9.53 Å². The second-order valence-electron chi connectivity index (χ2n) is 7.41. The molecule has 0 bridgehead atoms. The zero-order valence-electron chi connectivity index (χ0n) is 16.4.